The molecule has 21 heavy (non-hydrogen) atoms. The highest BCUT2D eigenvalue weighted by molar-refractivity contribution is 7.13. The van der Waals surface area contributed by atoms with Gasteiger partial charge in [0.05, 0.1) is 5.69 Å². The van der Waals surface area contributed by atoms with Crippen molar-refractivity contribution in [2.45, 2.75) is 13.5 Å². The smallest absolute Gasteiger partial charge is 0.180 e. The largest absolute Gasteiger partial charge is 0.489 e. The van der Waals surface area contributed by atoms with Crippen LogP contribution in [-0.2, 0) is 6.61 Å². The van der Waals surface area contributed by atoms with Gasteiger partial charge in [-0.3, -0.25) is 0 Å². The van der Waals surface area contributed by atoms with Crippen molar-refractivity contribution in [2.75, 3.05) is 5.73 Å². The molecular formula is C17H16N2OS. The molecule has 3 aromatic rings. The van der Waals surface area contributed by atoms with Crippen molar-refractivity contribution in [1.82, 2.24) is 4.98 Å². The van der Waals surface area contributed by atoms with Crippen molar-refractivity contribution in [3.05, 3.63) is 65.0 Å². The number of thiazole rings is 1. The van der Waals surface area contributed by atoms with Crippen molar-refractivity contribution in [2.24, 2.45) is 0 Å². The standard InChI is InChI=1S/C17H16N2OS/c1-12-9-14(15-11-21-17(18)19-15)7-8-16(12)20-10-13-5-3-2-4-6-13/h2-9,11H,10H2,1H3,(H2,18,19). The molecule has 0 fully saturated rings. The number of anilines is 1. The summed E-state index contributed by atoms with van der Waals surface area (Å²) in [6, 6.07) is 16.2. The number of hydrogen-bond donors (Lipinski definition) is 1. The summed E-state index contributed by atoms with van der Waals surface area (Å²) in [5, 5.41) is 2.56. The van der Waals surface area contributed by atoms with E-state index < -0.39 is 0 Å². The maximum absolute atomic E-state index is 5.88. The summed E-state index contributed by atoms with van der Waals surface area (Å²) in [5.41, 5.74) is 9.91. The molecule has 2 N–H and O–H groups in total. The van der Waals surface area contributed by atoms with Gasteiger partial charge in [0.15, 0.2) is 5.13 Å². The fraction of sp³-hybridized carbons (Fsp3) is 0.118. The molecule has 1 heterocycles. The molecule has 2 aromatic carbocycles. The third-order valence-corrected chi connectivity index (χ3v) is 3.90. The summed E-state index contributed by atoms with van der Waals surface area (Å²) >= 11 is 1.45. The van der Waals surface area contributed by atoms with Crippen LogP contribution in [-0.4, -0.2) is 4.98 Å². The highest BCUT2D eigenvalue weighted by Crippen LogP contribution is 2.28. The van der Waals surface area contributed by atoms with Crippen LogP contribution in [0.3, 0.4) is 0 Å². The number of benzene rings is 2. The van der Waals surface area contributed by atoms with E-state index in [2.05, 4.69) is 23.2 Å². The molecule has 0 unspecified atom stereocenters. The highest BCUT2D eigenvalue weighted by atomic mass is 32.1. The first-order chi connectivity index (χ1) is 10.2. The number of nitrogens with zero attached hydrogens (tertiary/aromatic N) is 1. The van der Waals surface area contributed by atoms with Gasteiger partial charge >= 0.3 is 0 Å². The van der Waals surface area contributed by atoms with Gasteiger partial charge in [-0.1, -0.05) is 30.3 Å². The zero-order valence-corrected chi connectivity index (χ0v) is 12.6. The van der Waals surface area contributed by atoms with Crippen LogP contribution in [0.5, 0.6) is 5.75 Å². The van der Waals surface area contributed by atoms with E-state index in [-0.39, 0.29) is 0 Å². The SMILES string of the molecule is Cc1cc(-c2csc(N)n2)ccc1OCc1ccccc1. The molecule has 0 bridgehead atoms. The second-order valence-electron chi connectivity index (χ2n) is 4.83. The zero-order valence-electron chi connectivity index (χ0n) is 11.7. The third-order valence-electron chi connectivity index (χ3n) is 3.23. The van der Waals surface area contributed by atoms with E-state index in [0.29, 0.717) is 11.7 Å². The Bertz CT molecular complexity index is 738. The Morgan fingerprint density at radius 1 is 1.14 bits per heavy atom. The summed E-state index contributed by atoms with van der Waals surface area (Å²) in [4.78, 5) is 4.30. The van der Waals surface area contributed by atoms with E-state index in [4.69, 9.17) is 10.5 Å². The number of aryl methyl sites for hydroxylation is 1. The molecule has 0 amide bonds. The molecule has 106 valence electrons. The van der Waals surface area contributed by atoms with Gasteiger partial charge in [0.1, 0.15) is 12.4 Å². The van der Waals surface area contributed by atoms with Gasteiger partial charge in [0.25, 0.3) is 0 Å². The number of hydrogen-bond acceptors (Lipinski definition) is 4. The Morgan fingerprint density at radius 2 is 1.95 bits per heavy atom. The minimum Gasteiger partial charge on any atom is -0.489 e. The number of ether oxygens (including phenoxy) is 1. The van der Waals surface area contributed by atoms with Crippen LogP contribution in [0.4, 0.5) is 5.13 Å². The molecule has 0 aliphatic carbocycles. The molecule has 0 aliphatic heterocycles. The molecule has 3 nitrogen and oxygen atoms in total. The Hall–Kier alpha value is -2.33. The first-order valence-electron chi connectivity index (χ1n) is 6.71. The summed E-state index contributed by atoms with van der Waals surface area (Å²) in [6.45, 7) is 2.62. The zero-order chi connectivity index (χ0) is 14.7. The van der Waals surface area contributed by atoms with Gasteiger partial charge in [-0.15, -0.1) is 11.3 Å². The fourth-order valence-electron chi connectivity index (χ4n) is 2.13. The molecule has 0 spiro atoms. The van der Waals surface area contributed by atoms with Gasteiger partial charge in [-0.2, -0.15) is 0 Å². The minimum absolute atomic E-state index is 0.574. The average molecular weight is 296 g/mol. The molecule has 0 aliphatic rings. The van der Waals surface area contributed by atoms with Crippen LogP contribution in [0.2, 0.25) is 0 Å². The second kappa shape index (κ2) is 5.97. The van der Waals surface area contributed by atoms with Crippen LogP contribution >= 0.6 is 11.3 Å². The molecule has 0 atom stereocenters. The summed E-state index contributed by atoms with van der Waals surface area (Å²) < 4.78 is 5.88. The first-order valence-corrected chi connectivity index (χ1v) is 7.59. The van der Waals surface area contributed by atoms with Crippen molar-refractivity contribution >= 4 is 16.5 Å². The maximum atomic E-state index is 5.88. The quantitative estimate of drug-likeness (QED) is 0.781. The summed E-state index contributed by atoms with van der Waals surface area (Å²) in [7, 11) is 0. The molecule has 0 saturated heterocycles. The monoisotopic (exact) mass is 296 g/mol. The summed E-state index contributed by atoms with van der Waals surface area (Å²) in [5.74, 6) is 0.894. The van der Waals surface area contributed by atoms with E-state index in [1.54, 1.807) is 0 Å². The van der Waals surface area contributed by atoms with Gasteiger partial charge in [0.2, 0.25) is 0 Å². The van der Waals surface area contributed by atoms with Gasteiger partial charge in [-0.25, -0.2) is 4.98 Å². The van der Waals surface area contributed by atoms with Crippen molar-refractivity contribution in [1.29, 1.82) is 0 Å². The lowest BCUT2D eigenvalue weighted by atomic mass is 10.1. The number of aromatic nitrogens is 1. The third kappa shape index (κ3) is 3.23. The minimum atomic E-state index is 0.574. The predicted molar refractivity (Wildman–Crippen MR) is 87.5 cm³/mol. The number of nitrogen functional groups attached to an aromatic ring is 1. The Kier molecular flexibility index (Phi) is 3.88. The molecule has 0 radical (unpaired) electrons. The normalized spacial score (nSPS) is 10.5. The Morgan fingerprint density at radius 3 is 2.62 bits per heavy atom. The van der Waals surface area contributed by atoms with E-state index >= 15 is 0 Å². The molecule has 1 aromatic heterocycles. The lowest BCUT2D eigenvalue weighted by Crippen LogP contribution is -1.97. The van der Waals surface area contributed by atoms with Crippen LogP contribution in [0.15, 0.2) is 53.9 Å². The van der Waals surface area contributed by atoms with Crippen LogP contribution in [0, 0.1) is 6.92 Å². The van der Waals surface area contributed by atoms with E-state index in [1.165, 1.54) is 11.3 Å². The lowest BCUT2D eigenvalue weighted by molar-refractivity contribution is 0.304. The van der Waals surface area contributed by atoms with Crippen LogP contribution in [0.25, 0.3) is 11.3 Å². The molecular weight excluding hydrogens is 280 g/mol. The van der Waals surface area contributed by atoms with E-state index in [1.807, 2.05) is 42.6 Å². The average Bonchev–Trinajstić information content (AvgIpc) is 2.93. The highest BCUT2D eigenvalue weighted by Gasteiger charge is 2.06. The maximum Gasteiger partial charge on any atom is 0.180 e. The van der Waals surface area contributed by atoms with Gasteiger partial charge in [0, 0.05) is 10.9 Å². The lowest BCUT2D eigenvalue weighted by Gasteiger charge is -2.10. The topological polar surface area (TPSA) is 48.1 Å². The second-order valence-corrected chi connectivity index (χ2v) is 5.72. The Labute approximate surface area is 128 Å². The van der Waals surface area contributed by atoms with Crippen molar-refractivity contribution in [3.8, 4) is 17.0 Å². The summed E-state index contributed by atoms with van der Waals surface area (Å²) in [6.07, 6.45) is 0. The fourth-order valence-corrected chi connectivity index (χ4v) is 2.70. The van der Waals surface area contributed by atoms with Crippen LogP contribution < -0.4 is 10.5 Å². The van der Waals surface area contributed by atoms with E-state index in [9.17, 15) is 0 Å². The molecule has 0 saturated carbocycles. The number of nitrogens with two attached hydrogens (primary N) is 1. The van der Waals surface area contributed by atoms with Gasteiger partial charge < -0.3 is 10.5 Å². The van der Waals surface area contributed by atoms with Crippen molar-refractivity contribution < 1.29 is 4.74 Å². The number of rotatable bonds is 4. The van der Waals surface area contributed by atoms with Crippen molar-refractivity contribution in [3.63, 3.8) is 0 Å². The predicted octanol–water partition coefficient (Wildman–Crippen LogP) is 4.28. The first kappa shape index (κ1) is 13.6. The Balaban J connectivity index is 1.75. The van der Waals surface area contributed by atoms with Crippen LogP contribution in [0.1, 0.15) is 11.1 Å². The van der Waals surface area contributed by atoms with Gasteiger partial charge in [-0.05, 0) is 36.2 Å². The molecule has 3 rings (SSSR count). The molecule has 4 heteroatoms. The van der Waals surface area contributed by atoms with E-state index in [0.717, 1.165) is 28.1 Å².